The molecule has 1 aromatic carbocycles. The maximum atomic E-state index is 5.80. The molecule has 13 heavy (non-hydrogen) atoms. The Labute approximate surface area is 87.9 Å². The number of hydrogen-bond donors (Lipinski definition) is 0. The molecule has 0 radical (unpaired) electrons. The van der Waals surface area contributed by atoms with Gasteiger partial charge < -0.3 is 4.74 Å². The van der Waals surface area contributed by atoms with Gasteiger partial charge in [0.15, 0.2) is 0 Å². The van der Waals surface area contributed by atoms with E-state index >= 15 is 0 Å². The van der Waals surface area contributed by atoms with Gasteiger partial charge in [-0.1, -0.05) is 35.8 Å². The average molecular weight is 217 g/mol. The summed E-state index contributed by atoms with van der Waals surface area (Å²) in [5.74, 6) is 0.745. The van der Waals surface area contributed by atoms with Crippen molar-refractivity contribution in [2.75, 3.05) is 7.11 Å². The zero-order valence-electron chi connectivity index (χ0n) is 7.31. The van der Waals surface area contributed by atoms with E-state index in [0.717, 1.165) is 11.3 Å². The fraction of sp³-hybridized carbons (Fsp3) is 0.200. The topological polar surface area (TPSA) is 9.23 Å². The first kappa shape index (κ1) is 10.4. The van der Waals surface area contributed by atoms with Gasteiger partial charge in [0.2, 0.25) is 0 Å². The van der Waals surface area contributed by atoms with E-state index in [0.29, 0.717) is 16.5 Å². The zero-order valence-corrected chi connectivity index (χ0v) is 8.82. The fourth-order valence-corrected chi connectivity index (χ4v) is 1.38. The number of benzene rings is 1. The number of allylic oxidation sites excluding steroid dienone is 1. The highest BCUT2D eigenvalue weighted by molar-refractivity contribution is 6.31. The Hall–Kier alpha value is -0.660. The summed E-state index contributed by atoms with van der Waals surface area (Å²) < 4.78 is 5.14. The smallest absolute Gasteiger partial charge is 0.123 e. The molecule has 70 valence electrons. The van der Waals surface area contributed by atoms with Gasteiger partial charge in [-0.05, 0) is 17.7 Å². The van der Waals surface area contributed by atoms with Gasteiger partial charge in [0.05, 0.1) is 7.11 Å². The summed E-state index contributed by atoms with van der Waals surface area (Å²) in [5.41, 5.74) is 0.993. The van der Waals surface area contributed by atoms with Crippen molar-refractivity contribution in [3.8, 4) is 5.75 Å². The second kappa shape index (κ2) is 4.54. The van der Waals surface area contributed by atoms with Gasteiger partial charge in [0, 0.05) is 16.5 Å². The molecule has 0 spiro atoms. The molecule has 0 saturated carbocycles. The zero-order chi connectivity index (χ0) is 9.84. The van der Waals surface area contributed by atoms with E-state index in [-0.39, 0.29) is 0 Å². The van der Waals surface area contributed by atoms with Gasteiger partial charge in [-0.3, -0.25) is 0 Å². The van der Waals surface area contributed by atoms with Crippen LogP contribution < -0.4 is 4.74 Å². The molecule has 1 rings (SSSR count). The molecule has 3 heteroatoms. The Balaban J connectivity index is 2.99. The molecule has 0 aromatic heterocycles. The van der Waals surface area contributed by atoms with Crippen LogP contribution in [0.4, 0.5) is 0 Å². The summed E-state index contributed by atoms with van der Waals surface area (Å²) in [5, 5.41) is 1.24. The number of rotatable bonds is 3. The van der Waals surface area contributed by atoms with Crippen molar-refractivity contribution >= 4 is 23.2 Å². The Morgan fingerprint density at radius 1 is 1.54 bits per heavy atom. The predicted octanol–water partition coefficient (Wildman–Crippen LogP) is 3.64. The number of methoxy groups -OCH3 is 1. The molecular weight excluding hydrogens is 207 g/mol. The van der Waals surface area contributed by atoms with Gasteiger partial charge >= 0.3 is 0 Å². The van der Waals surface area contributed by atoms with Crippen molar-refractivity contribution in [1.82, 2.24) is 0 Å². The fourth-order valence-electron chi connectivity index (χ4n) is 1.07. The summed E-state index contributed by atoms with van der Waals surface area (Å²) in [7, 11) is 1.60. The molecule has 0 atom stereocenters. The van der Waals surface area contributed by atoms with Gasteiger partial charge in [-0.25, -0.2) is 0 Å². The summed E-state index contributed by atoms with van der Waals surface area (Å²) in [6.45, 7) is 3.63. The van der Waals surface area contributed by atoms with E-state index in [1.807, 2.05) is 6.07 Å². The first-order valence-corrected chi connectivity index (χ1v) is 4.54. The largest absolute Gasteiger partial charge is 0.496 e. The molecule has 0 aliphatic heterocycles. The first-order chi connectivity index (χ1) is 6.13. The Morgan fingerprint density at radius 3 is 2.77 bits per heavy atom. The molecule has 0 N–H and O–H groups in total. The van der Waals surface area contributed by atoms with Crippen LogP contribution in [0.2, 0.25) is 5.02 Å². The first-order valence-electron chi connectivity index (χ1n) is 3.79. The molecule has 1 nitrogen and oxygen atoms in total. The van der Waals surface area contributed by atoms with Crippen LogP contribution >= 0.6 is 23.2 Å². The lowest BCUT2D eigenvalue weighted by atomic mass is 10.1. The Morgan fingerprint density at radius 2 is 2.23 bits per heavy atom. The lowest BCUT2D eigenvalue weighted by molar-refractivity contribution is 0.410. The summed E-state index contributed by atoms with van der Waals surface area (Å²) in [6, 6.07) is 5.45. The third-order valence-corrected chi connectivity index (χ3v) is 2.00. The van der Waals surface area contributed by atoms with Crippen molar-refractivity contribution in [2.45, 2.75) is 6.42 Å². The maximum Gasteiger partial charge on any atom is 0.123 e. The highest BCUT2D eigenvalue weighted by Gasteiger charge is 2.03. The second-order valence-electron chi connectivity index (χ2n) is 2.65. The molecule has 0 unspecified atom stereocenters. The van der Waals surface area contributed by atoms with E-state index in [1.165, 1.54) is 0 Å². The summed E-state index contributed by atoms with van der Waals surface area (Å²) in [6.07, 6.45) is 0.599. The van der Waals surface area contributed by atoms with Crippen LogP contribution in [0.25, 0.3) is 0 Å². The van der Waals surface area contributed by atoms with Crippen molar-refractivity contribution < 1.29 is 4.74 Å². The van der Waals surface area contributed by atoms with Gasteiger partial charge in [-0.15, -0.1) is 0 Å². The van der Waals surface area contributed by atoms with Gasteiger partial charge in [-0.2, -0.15) is 0 Å². The quantitative estimate of drug-likeness (QED) is 0.750. The molecule has 0 bridgehead atoms. The lowest BCUT2D eigenvalue weighted by Crippen LogP contribution is -1.91. The van der Waals surface area contributed by atoms with E-state index in [4.69, 9.17) is 27.9 Å². The Kier molecular flexibility index (Phi) is 3.64. The van der Waals surface area contributed by atoms with Crippen LogP contribution in [0, 0.1) is 0 Å². The highest BCUT2D eigenvalue weighted by Crippen LogP contribution is 2.25. The van der Waals surface area contributed by atoms with Gasteiger partial charge in [0.25, 0.3) is 0 Å². The number of ether oxygens (including phenoxy) is 1. The standard InChI is InChI=1S/C10H10Cl2O/c1-7(11)5-8-3-4-9(12)6-10(8)13-2/h3-4,6H,1,5H2,2H3. The molecule has 0 heterocycles. The summed E-state index contributed by atoms with van der Waals surface area (Å²) in [4.78, 5) is 0. The highest BCUT2D eigenvalue weighted by atomic mass is 35.5. The van der Waals surface area contributed by atoms with Crippen LogP contribution in [0.1, 0.15) is 5.56 Å². The van der Waals surface area contributed by atoms with Gasteiger partial charge in [0.1, 0.15) is 5.75 Å². The van der Waals surface area contributed by atoms with Crippen LogP contribution in [0.5, 0.6) is 5.75 Å². The molecule has 0 amide bonds. The minimum absolute atomic E-state index is 0.584. The lowest BCUT2D eigenvalue weighted by Gasteiger charge is -2.07. The van der Waals surface area contributed by atoms with E-state index < -0.39 is 0 Å². The summed E-state index contributed by atoms with van der Waals surface area (Å²) >= 11 is 11.5. The Bertz CT molecular complexity index is 321. The molecule has 0 aliphatic carbocycles. The van der Waals surface area contributed by atoms with Crippen molar-refractivity contribution in [1.29, 1.82) is 0 Å². The third kappa shape index (κ3) is 2.94. The number of hydrogen-bond acceptors (Lipinski definition) is 1. The van der Waals surface area contributed by atoms with Crippen molar-refractivity contribution in [2.24, 2.45) is 0 Å². The molecular formula is C10H10Cl2O. The minimum Gasteiger partial charge on any atom is -0.496 e. The van der Waals surface area contributed by atoms with Crippen molar-refractivity contribution in [3.63, 3.8) is 0 Å². The number of halogens is 2. The average Bonchev–Trinajstić information content (AvgIpc) is 2.07. The monoisotopic (exact) mass is 216 g/mol. The molecule has 0 saturated heterocycles. The normalized spacial score (nSPS) is 9.77. The second-order valence-corrected chi connectivity index (χ2v) is 3.62. The third-order valence-electron chi connectivity index (χ3n) is 1.63. The van der Waals surface area contributed by atoms with Crippen LogP contribution in [-0.2, 0) is 6.42 Å². The molecule has 0 aliphatic rings. The maximum absolute atomic E-state index is 5.80. The van der Waals surface area contributed by atoms with Crippen LogP contribution in [0.3, 0.4) is 0 Å². The van der Waals surface area contributed by atoms with Crippen LogP contribution in [0.15, 0.2) is 29.8 Å². The van der Waals surface area contributed by atoms with E-state index in [1.54, 1.807) is 19.2 Å². The predicted molar refractivity (Wildman–Crippen MR) is 56.7 cm³/mol. The minimum atomic E-state index is 0.584. The molecule has 0 fully saturated rings. The molecule has 1 aromatic rings. The SMILES string of the molecule is C=C(Cl)Cc1ccc(Cl)cc1OC. The van der Waals surface area contributed by atoms with E-state index in [2.05, 4.69) is 6.58 Å². The van der Waals surface area contributed by atoms with E-state index in [9.17, 15) is 0 Å². The van der Waals surface area contributed by atoms with Crippen LogP contribution in [-0.4, -0.2) is 7.11 Å². The van der Waals surface area contributed by atoms with Crippen molar-refractivity contribution in [3.05, 3.63) is 40.4 Å².